The summed E-state index contributed by atoms with van der Waals surface area (Å²) < 4.78 is 5.29. The molecule has 0 spiro atoms. The van der Waals surface area contributed by atoms with Crippen LogP contribution in [0.2, 0.25) is 0 Å². The molecule has 1 rings (SSSR count). The molecule has 1 aliphatic heterocycles. The van der Waals surface area contributed by atoms with Gasteiger partial charge in [0.05, 0.1) is 24.1 Å². The summed E-state index contributed by atoms with van der Waals surface area (Å²) in [4.78, 5) is 14.6. The SMILES string of the molecule is CC(C)C(C(=O)NCCCN1CCOCC1)C(N)=S. The number of nitrogens with one attached hydrogen (secondary N) is 1. The van der Waals surface area contributed by atoms with E-state index in [0.717, 1.165) is 39.3 Å². The normalized spacial score (nSPS) is 18.3. The molecule has 0 aromatic heterocycles. The van der Waals surface area contributed by atoms with E-state index in [1.165, 1.54) is 0 Å². The monoisotopic (exact) mass is 287 g/mol. The van der Waals surface area contributed by atoms with E-state index in [-0.39, 0.29) is 22.7 Å². The lowest BCUT2D eigenvalue weighted by Crippen LogP contribution is -2.42. The van der Waals surface area contributed by atoms with Gasteiger partial charge in [0.2, 0.25) is 5.91 Å². The van der Waals surface area contributed by atoms with E-state index in [2.05, 4.69) is 10.2 Å². The molecule has 0 saturated carbocycles. The zero-order valence-electron chi connectivity index (χ0n) is 11.9. The lowest BCUT2D eigenvalue weighted by molar-refractivity contribution is -0.124. The summed E-state index contributed by atoms with van der Waals surface area (Å²) in [6.45, 7) is 9.15. The maximum Gasteiger partial charge on any atom is 0.230 e. The Balaban J connectivity index is 2.20. The third-order valence-corrected chi connectivity index (χ3v) is 3.56. The maximum absolute atomic E-state index is 12.0. The third kappa shape index (κ3) is 5.84. The van der Waals surface area contributed by atoms with Crippen LogP contribution in [0.15, 0.2) is 0 Å². The molecule has 3 N–H and O–H groups in total. The van der Waals surface area contributed by atoms with Gasteiger partial charge >= 0.3 is 0 Å². The van der Waals surface area contributed by atoms with E-state index >= 15 is 0 Å². The van der Waals surface area contributed by atoms with E-state index in [1.807, 2.05) is 13.8 Å². The minimum atomic E-state index is -0.363. The highest BCUT2D eigenvalue weighted by atomic mass is 32.1. The van der Waals surface area contributed by atoms with Gasteiger partial charge in [-0.05, 0) is 18.9 Å². The molecule has 5 nitrogen and oxygen atoms in total. The minimum Gasteiger partial charge on any atom is -0.393 e. The number of rotatable bonds is 7. The molecule has 0 aromatic rings. The number of nitrogens with two attached hydrogens (primary N) is 1. The van der Waals surface area contributed by atoms with Gasteiger partial charge in [-0.15, -0.1) is 0 Å². The minimum absolute atomic E-state index is 0.0514. The predicted octanol–water partition coefficient (Wildman–Crippen LogP) is 0.383. The predicted molar refractivity (Wildman–Crippen MR) is 80.0 cm³/mol. The van der Waals surface area contributed by atoms with Crippen molar-refractivity contribution in [1.82, 2.24) is 10.2 Å². The Morgan fingerprint density at radius 1 is 1.42 bits per heavy atom. The van der Waals surface area contributed by atoms with E-state index in [1.54, 1.807) is 0 Å². The van der Waals surface area contributed by atoms with Crippen molar-refractivity contribution in [2.45, 2.75) is 20.3 Å². The van der Waals surface area contributed by atoms with Crippen LogP contribution in [0, 0.1) is 11.8 Å². The Bertz CT molecular complexity index is 304. The molecule has 110 valence electrons. The molecular formula is C13H25N3O2S. The molecule has 19 heavy (non-hydrogen) atoms. The van der Waals surface area contributed by atoms with Crippen LogP contribution in [-0.2, 0) is 9.53 Å². The molecule has 0 bridgehead atoms. The summed E-state index contributed by atoms with van der Waals surface area (Å²) in [5.41, 5.74) is 5.61. The van der Waals surface area contributed by atoms with E-state index in [9.17, 15) is 4.79 Å². The molecule has 1 aliphatic rings. The molecule has 1 unspecified atom stereocenters. The first kappa shape index (κ1) is 16.3. The van der Waals surface area contributed by atoms with Gasteiger partial charge in [-0.2, -0.15) is 0 Å². The summed E-state index contributed by atoms with van der Waals surface area (Å²) in [6, 6.07) is 0. The zero-order chi connectivity index (χ0) is 14.3. The van der Waals surface area contributed by atoms with Crippen molar-refractivity contribution in [2.24, 2.45) is 17.6 Å². The van der Waals surface area contributed by atoms with Crippen LogP contribution in [0.3, 0.4) is 0 Å². The Morgan fingerprint density at radius 3 is 2.58 bits per heavy atom. The highest BCUT2D eigenvalue weighted by Crippen LogP contribution is 2.11. The molecule has 1 fully saturated rings. The van der Waals surface area contributed by atoms with Crippen LogP contribution in [0.4, 0.5) is 0 Å². The maximum atomic E-state index is 12.0. The molecule has 1 amide bonds. The van der Waals surface area contributed by atoms with Crippen LogP contribution in [-0.4, -0.2) is 55.2 Å². The Labute approximate surface area is 120 Å². The largest absolute Gasteiger partial charge is 0.393 e. The van der Waals surface area contributed by atoms with Gasteiger partial charge < -0.3 is 15.8 Å². The van der Waals surface area contributed by atoms with Gasteiger partial charge in [0.25, 0.3) is 0 Å². The van der Waals surface area contributed by atoms with Gasteiger partial charge in [-0.25, -0.2) is 0 Å². The molecule has 1 heterocycles. The van der Waals surface area contributed by atoms with Gasteiger partial charge in [0, 0.05) is 19.6 Å². The average molecular weight is 287 g/mol. The fourth-order valence-electron chi connectivity index (χ4n) is 2.21. The number of nitrogens with zero attached hydrogens (tertiary/aromatic N) is 1. The zero-order valence-corrected chi connectivity index (χ0v) is 12.7. The Hall–Kier alpha value is -0.720. The lowest BCUT2D eigenvalue weighted by Gasteiger charge is -2.26. The lowest BCUT2D eigenvalue weighted by atomic mass is 9.95. The number of thiocarbonyl (C=S) groups is 1. The molecule has 1 atom stereocenters. The van der Waals surface area contributed by atoms with E-state index in [0.29, 0.717) is 6.54 Å². The van der Waals surface area contributed by atoms with Crippen LogP contribution in [0.25, 0.3) is 0 Å². The Kier molecular flexibility index (Phi) is 7.27. The number of hydrogen-bond donors (Lipinski definition) is 2. The summed E-state index contributed by atoms with van der Waals surface area (Å²) in [5, 5.41) is 2.92. The number of hydrogen-bond acceptors (Lipinski definition) is 4. The smallest absolute Gasteiger partial charge is 0.230 e. The third-order valence-electron chi connectivity index (χ3n) is 3.31. The van der Waals surface area contributed by atoms with E-state index < -0.39 is 0 Å². The second-order valence-corrected chi connectivity index (χ2v) is 5.69. The summed E-state index contributed by atoms with van der Waals surface area (Å²) >= 11 is 4.95. The molecule has 1 saturated heterocycles. The highest BCUT2D eigenvalue weighted by molar-refractivity contribution is 7.80. The van der Waals surface area contributed by atoms with Crippen molar-refractivity contribution < 1.29 is 9.53 Å². The van der Waals surface area contributed by atoms with Gasteiger partial charge in [0.15, 0.2) is 0 Å². The van der Waals surface area contributed by atoms with Crippen LogP contribution in [0.1, 0.15) is 20.3 Å². The average Bonchev–Trinajstić information content (AvgIpc) is 2.35. The second-order valence-electron chi connectivity index (χ2n) is 5.22. The van der Waals surface area contributed by atoms with Crippen LogP contribution < -0.4 is 11.1 Å². The molecule has 6 heteroatoms. The fourth-order valence-corrected chi connectivity index (χ4v) is 2.59. The Morgan fingerprint density at radius 2 is 2.05 bits per heavy atom. The van der Waals surface area contributed by atoms with Crippen molar-refractivity contribution in [3.63, 3.8) is 0 Å². The molecule has 0 aliphatic carbocycles. The number of amides is 1. The van der Waals surface area contributed by atoms with Crippen LogP contribution in [0.5, 0.6) is 0 Å². The standard InChI is InChI=1S/C13H25N3O2S/c1-10(2)11(12(14)19)13(17)15-4-3-5-16-6-8-18-9-7-16/h10-11H,3-9H2,1-2H3,(H2,14,19)(H,15,17). The quantitative estimate of drug-likeness (QED) is 0.523. The van der Waals surface area contributed by atoms with Crippen molar-refractivity contribution in [2.75, 3.05) is 39.4 Å². The van der Waals surface area contributed by atoms with Gasteiger partial charge in [-0.3, -0.25) is 9.69 Å². The number of carbonyl (C=O) groups is 1. The summed E-state index contributed by atoms with van der Waals surface area (Å²) in [7, 11) is 0. The van der Waals surface area contributed by atoms with Gasteiger partial charge in [0.1, 0.15) is 0 Å². The van der Waals surface area contributed by atoms with Crippen molar-refractivity contribution >= 4 is 23.1 Å². The van der Waals surface area contributed by atoms with Crippen molar-refractivity contribution in [3.05, 3.63) is 0 Å². The molecule has 0 radical (unpaired) electrons. The van der Waals surface area contributed by atoms with Crippen LogP contribution >= 0.6 is 12.2 Å². The fraction of sp³-hybridized carbons (Fsp3) is 0.846. The first-order valence-corrected chi connectivity index (χ1v) is 7.30. The van der Waals surface area contributed by atoms with E-state index in [4.69, 9.17) is 22.7 Å². The van der Waals surface area contributed by atoms with Gasteiger partial charge in [-0.1, -0.05) is 26.1 Å². The number of carbonyl (C=O) groups excluding carboxylic acids is 1. The molecular weight excluding hydrogens is 262 g/mol. The van der Waals surface area contributed by atoms with Crippen molar-refractivity contribution in [3.8, 4) is 0 Å². The molecule has 0 aromatic carbocycles. The highest BCUT2D eigenvalue weighted by Gasteiger charge is 2.24. The number of morpholine rings is 1. The summed E-state index contributed by atoms with van der Waals surface area (Å²) in [6.07, 6.45) is 0.938. The number of ether oxygens (including phenoxy) is 1. The first-order chi connectivity index (χ1) is 9.02. The second kappa shape index (κ2) is 8.45. The van der Waals surface area contributed by atoms with Crippen molar-refractivity contribution in [1.29, 1.82) is 0 Å². The summed E-state index contributed by atoms with van der Waals surface area (Å²) in [5.74, 6) is -0.278. The topological polar surface area (TPSA) is 67.6 Å². The first-order valence-electron chi connectivity index (χ1n) is 6.89.